The smallest absolute Gasteiger partial charge is 0.00178 e. The molecule has 0 amide bonds. The van der Waals surface area contributed by atoms with Gasteiger partial charge in [-0.2, -0.15) is 0 Å². The molecule has 1 aliphatic carbocycles. The molecular weight excluding hydrogens is 242 g/mol. The molecular formula is C19H37N. The summed E-state index contributed by atoms with van der Waals surface area (Å²) in [5.74, 6) is 3.43. The lowest BCUT2D eigenvalue weighted by atomic mass is 9.64. The van der Waals surface area contributed by atoms with Gasteiger partial charge in [-0.15, -0.1) is 6.58 Å². The fourth-order valence-corrected chi connectivity index (χ4v) is 3.62. The second-order valence-corrected chi connectivity index (χ2v) is 8.31. The predicted octanol–water partition coefficient (Wildman–Crippen LogP) is 5.28. The largest absolute Gasteiger partial charge is 0.316 e. The van der Waals surface area contributed by atoms with Crippen molar-refractivity contribution < 1.29 is 0 Å². The molecule has 1 fully saturated rings. The highest BCUT2D eigenvalue weighted by Gasteiger charge is 2.35. The molecule has 3 unspecified atom stereocenters. The van der Waals surface area contributed by atoms with Gasteiger partial charge in [-0.25, -0.2) is 0 Å². The molecule has 0 radical (unpaired) electrons. The lowest BCUT2D eigenvalue weighted by Crippen LogP contribution is -2.37. The van der Waals surface area contributed by atoms with Crippen molar-refractivity contribution in [2.75, 3.05) is 13.1 Å². The molecule has 0 aliphatic heterocycles. The van der Waals surface area contributed by atoms with Crippen LogP contribution in [-0.2, 0) is 0 Å². The van der Waals surface area contributed by atoms with Gasteiger partial charge in [-0.3, -0.25) is 0 Å². The summed E-state index contributed by atoms with van der Waals surface area (Å²) in [5.41, 5.74) is 0.475. The Kier molecular flexibility index (Phi) is 7.29. The standard InChI is InChI=1S/C19H37N/c1-7-8-9-16-12-18(19(4,5)6)11-10-17(16)14-20-13-15(2)3/h7,15-18,20H,1,8-14H2,2-6H3. The zero-order chi connectivity index (χ0) is 15.2. The summed E-state index contributed by atoms with van der Waals surface area (Å²) in [6.45, 7) is 18.1. The van der Waals surface area contributed by atoms with Crippen LogP contribution >= 0.6 is 0 Å². The molecule has 1 N–H and O–H groups in total. The van der Waals surface area contributed by atoms with Crippen molar-refractivity contribution >= 4 is 0 Å². The van der Waals surface area contributed by atoms with Gasteiger partial charge in [0.2, 0.25) is 0 Å². The van der Waals surface area contributed by atoms with Gasteiger partial charge in [0.1, 0.15) is 0 Å². The number of allylic oxidation sites excluding steroid dienone is 1. The Morgan fingerprint density at radius 2 is 1.90 bits per heavy atom. The van der Waals surface area contributed by atoms with E-state index in [0.717, 1.165) is 30.2 Å². The molecule has 0 spiro atoms. The molecule has 118 valence electrons. The highest BCUT2D eigenvalue weighted by molar-refractivity contribution is 4.87. The minimum absolute atomic E-state index is 0.475. The maximum absolute atomic E-state index is 3.91. The third-order valence-electron chi connectivity index (χ3n) is 5.07. The molecule has 0 heterocycles. The van der Waals surface area contributed by atoms with E-state index in [4.69, 9.17) is 0 Å². The average Bonchev–Trinajstić information content (AvgIpc) is 2.35. The summed E-state index contributed by atoms with van der Waals surface area (Å²) in [6.07, 6.45) is 8.87. The van der Waals surface area contributed by atoms with Gasteiger partial charge >= 0.3 is 0 Å². The summed E-state index contributed by atoms with van der Waals surface area (Å²) in [5, 5.41) is 3.69. The molecule has 1 rings (SSSR count). The van der Waals surface area contributed by atoms with Crippen molar-refractivity contribution in [3.63, 3.8) is 0 Å². The van der Waals surface area contributed by atoms with Crippen LogP contribution in [0.15, 0.2) is 12.7 Å². The van der Waals surface area contributed by atoms with E-state index in [-0.39, 0.29) is 0 Å². The SMILES string of the molecule is C=CCCC1CC(C(C)(C)C)CCC1CNCC(C)C. The van der Waals surface area contributed by atoms with Crippen molar-refractivity contribution in [1.29, 1.82) is 0 Å². The predicted molar refractivity (Wildman–Crippen MR) is 90.9 cm³/mol. The van der Waals surface area contributed by atoms with Gasteiger partial charge in [-0.1, -0.05) is 40.7 Å². The maximum Gasteiger partial charge on any atom is -0.00178 e. The fraction of sp³-hybridized carbons (Fsp3) is 0.895. The van der Waals surface area contributed by atoms with E-state index in [2.05, 4.69) is 52.6 Å². The Morgan fingerprint density at radius 1 is 1.20 bits per heavy atom. The summed E-state index contributed by atoms with van der Waals surface area (Å²) in [7, 11) is 0. The molecule has 0 bridgehead atoms. The fourth-order valence-electron chi connectivity index (χ4n) is 3.62. The van der Waals surface area contributed by atoms with Gasteiger partial charge in [0.15, 0.2) is 0 Å². The Bertz CT molecular complexity index is 274. The second-order valence-electron chi connectivity index (χ2n) is 8.31. The lowest BCUT2D eigenvalue weighted by Gasteiger charge is -2.42. The third kappa shape index (κ3) is 5.99. The highest BCUT2D eigenvalue weighted by Crippen LogP contribution is 2.44. The molecule has 1 heteroatoms. The van der Waals surface area contributed by atoms with E-state index in [1.807, 2.05) is 0 Å². The first-order valence-electron chi connectivity index (χ1n) is 8.66. The zero-order valence-electron chi connectivity index (χ0n) is 14.5. The van der Waals surface area contributed by atoms with Crippen LogP contribution in [0.1, 0.15) is 66.7 Å². The normalized spacial score (nSPS) is 27.8. The summed E-state index contributed by atoms with van der Waals surface area (Å²) in [6, 6.07) is 0. The van der Waals surface area contributed by atoms with Gasteiger partial charge in [0.05, 0.1) is 0 Å². The molecule has 1 aliphatic rings. The summed E-state index contributed by atoms with van der Waals surface area (Å²) < 4.78 is 0. The van der Waals surface area contributed by atoms with Crippen LogP contribution in [0.5, 0.6) is 0 Å². The molecule has 1 nitrogen and oxygen atoms in total. The number of hydrogen-bond donors (Lipinski definition) is 1. The van der Waals surface area contributed by atoms with Crippen molar-refractivity contribution in [2.24, 2.45) is 29.1 Å². The van der Waals surface area contributed by atoms with Crippen LogP contribution in [0.3, 0.4) is 0 Å². The highest BCUT2D eigenvalue weighted by atomic mass is 14.9. The van der Waals surface area contributed by atoms with Gasteiger partial charge in [-0.05, 0) is 74.3 Å². The maximum atomic E-state index is 3.91. The first kappa shape index (κ1) is 17.8. The van der Waals surface area contributed by atoms with Crippen LogP contribution in [-0.4, -0.2) is 13.1 Å². The van der Waals surface area contributed by atoms with E-state index in [0.29, 0.717) is 5.41 Å². The van der Waals surface area contributed by atoms with E-state index >= 15 is 0 Å². The molecule has 20 heavy (non-hydrogen) atoms. The first-order valence-corrected chi connectivity index (χ1v) is 8.66. The topological polar surface area (TPSA) is 12.0 Å². The van der Waals surface area contributed by atoms with Crippen LogP contribution in [0.2, 0.25) is 0 Å². The summed E-state index contributed by atoms with van der Waals surface area (Å²) >= 11 is 0. The van der Waals surface area contributed by atoms with Crippen LogP contribution in [0.4, 0.5) is 0 Å². The molecule has 0 aromatic carbocycles. The molecule has 0 aromatic heterocycles. The van der Waals surface area contributed by atoms with E-state index in [1.165, 1.54) is 38.6 Å². The van der Waals surface area contributed by atoms with Gasteiger partial charge < -0.3 is 5.32 Å². The number of rotatable bonds is 7. The average molecular weight is 280 g/mol. The quantitative estimate of drug-likeness (QED) is 0.625. The zero-order valence-corrected chi connectivity index (χ0v) is 14.5. The Balaban J connectivity index is 2.53. The van der Waals surface area contributed by atoms with E-state index in [9.17, 15) is 0 Å². The third-order valence-corrected chi connectivity index (χ3v) is 5.07. The molecule has 0 saturated heterocycles. The Hall–Kier alpha value is -0.300. The van der Waals surface area contributed by atoms with Crippen molar-refractivity contribution in [3.05, 3.63) is 12.7 Å². The molecule has 0 aromatic rings. The monoisotopic (exact) mass is 279 g/mol. The van der Waals surface area contributed by atoms with E-state index < -0.39 is 0 Å². The van der Waals surface area contributed by atoms with Crippen LogP contribution < -0.4 is 5.32 Å². The second kappa shape index (κ2) is 8.22. The minimum atomic E-state index is 0.475. The van der Waals surface area contributed by atoms with Crippen molar-refractivity contribution in [2.45, 2.75) is 66.7 Å². The lowest BCUT2D eigenvalue weighted by molar-refractivity contribution is 0.0927. The van der Waals surface area contributed by atoms with Crippen molar-refractivity contribution in [3.8, 4) is 0 Å². The van der Waals surface area contributed by atoms with Crippen LogP contribution in [0.25, 0.3) is 0 Å². The first-order chi connectivity index (χ1) is 9.34. The minimum Gasteiger partial charge on any atom is -0.316 e. The number of hydrogen-bond acceptors (Lipinski definition) is 1. The molecule has 3 atom stereocenters. The number of nitrogens with one attached hydrogen (secondary N) is 1. The summed E-state index contributed by atoms with van der Waals surface area (Å²) in [4.78, 5) is 0. The molecule has 1 saturated carbocycles. The Morgan fingerprint density at radius 3 is 2.45 bits per heavy atom. The van der Waals surface area contributed by atoms with Crippen molar-refractivity contribution in [1.82, 2.24) is 5.32 Å². The van der Waals surface area contributed by atoms with Crippen LogP contribution in [0, 0.1) is 29.1 Å². The van der Waals surface area contributed by atoms with E-state index in [1.54, 1.807) is 0 Å². The Labute approximate surface area is 127 Å². The van der Waals surface area contributed by atoms with Gasteiger partial charge in [0.25, 0.3) is 0 Å². The van der Waals surface area contributed by atoms with Gasteiger partial charge in [0, 0.05) is 0 Å².